The fraction of sp³-hybridized carbons (Fsp3) is 0.231. The van der Waals surface area contributed by atoms with Crippen molar-refractivity contribution in [3.63, 3.8) is 0 Å². The van der Waals surface area contributed by atoms with Crippen LogP contribution in [0, 0.1) is 5.82 Å². The van der Waals surface area contributed by atoms with Gasteiger partial charge in [0.2, 0.25) is 5.91 Å². The predicted octanol–water partition coefficient (Wildman–Crippen LogP) is 5.03. The van der Waals surface area contributed by atoms with Gasteiger partial charge in [-0.25, -0.2) is 9.18 Å². The predicted molar refractivity (Wildman–Crippen MR) is 123 cm³/mol. The van der Waals surface area contributed by atoms with Crippen molar-refractivity contribution in [1.29, 1.82) is 0 Å². The van der Waals surface area contributed by atoms with E-state index < -0.39 is 12.0 Å². The molecule has 1 unspecified atom stereocenters. The molecule has 2 amide bonds. The summed E-state index contributed by atoms with van der Waals surface area (Å²) in [7, 11) is 0. The molecule has 0 saturated carbocycles. The van der Waals surface area contributed by atoms with Gasteiger partial charge >= 0.3 is 6.09 Å². The SMILES string of the molecule is CC(C(=O)NCCCNC(=O)OCc1ccccc1)c1ccc(-c2ccccc2)c(F)c1. The Balaban J connectivity index is 1.38. The molecule has 0 bridgehead atoms. The standard InChI is InChI=1S/C26H27FN2O3/c1-19(22-13-14-23(24(27)17-22)21-11-6-3-7-12-21)25(30)28-15-8-16-29-26(31)32-18-20-9-4-2-5-10-20/h2-7,9-14,17,19H,8,15-16,18H2,1H3,(H,28,30)(H,29,31). The molecule has 0 radical (unpaired) electrons. The van der Waals surface area contributed by atoms with Gasteiger partial charge in [-0.1, -0.05) is 72.8 Å². The van der Waals surface area contributed by atoms with E-state index in [9.17, 15) is 14.0 Å². The van der Waals surface area contributed by atoms with E-state index in [1.165, 1.54) is 6.07 Å². The number of alkyl carbamates (subject to hydrolysis) is 1. The zero-order chi connectivity index (χ0) is 22.8. The van der Waals surface area contributed by atoms with Gasteiger partial charge in [-0.15, -0.1) is 0 Å². The van der Waals surface area contributed by atoms with E-state index in [-0.39, 0.29) is 18.3 Å². The van der Waals surface area contributed by atoms with E-state index in [1.807, 2.05) is 60.7 Å². The van der Waals surface area contributed by atoms with Crippen LogP contribution in [0.15, 0.2) is 78.9 Å². The van der Waals surface area contributed by atoms with Crippen LogP contribution in [0.5, 0.6) is 0 Å². The molecular formula is C26H27FN2O3. The van der Waals surface area contributed by atoms with Gasteiger partial charge in [-0.05, 0) is 36.1 Å². The Kier molecular flexibility index (Phi) is 8.37. The summed E-state index contributed by atoms with van der Waals surface area (Å²) in [6, 6.07) is 23.6. The maximum atomic E-state index is 14.6. The van der Waals surface area contributed by atoms with Crippen molar-refractivity contribution in [2.45, 2.75) is 25.9 Å². The maximum Gasteiger partial charge on any atom is 0.407 e. The number of hydrogen-bond acceptors (Lipinski definition) is 3. The monoisotopic (exact) mass is 434 g/mol. The van der Waals surface area contributed by atoms with Gasteiger partial charge < -0.3 is 15.4 Å². The molecule has 0 aromatic heterocycles. The minimum absolute atomic E-state index is 0.191. The smallest absolute Gasteiger partial charge is 0.407 e. The average molecular weight is 435 g/mol. The number of amides is 2. The van der Waals surface area contributed by atoms with E-state index in [4.69, 9.17) is 4.74 Å². The Labute approximate surface area is 187 Å². The normalized spacial score (nSPS) is 11.4. The fourth-order valence-electron chi connectivity index (χ4n) is 3.22. The Bertz CT molecular complexity index is 1030. The highest BCUT2D eigenvalue weighted by Gasteiger charge is 2.17. The molecule has 2 N–H and O–H groups in total. The molecule has 3 rings (SSSR count). The highest BCUT2D eigenvalue weighted by atomic mass is 19.1. The number of nitrogens with one attached hydrogen (secondary N) is 2. The van der Waals surface area contributed by atoms with Crippen molar-refractivity contribution >= 4 is 12.0 Å². The molecular weight excluding hydrogens is 407 g/mol. The van der Waals surface area contributed by atoms with Crippen LogP contribution in [0.4, 0.5) is 9.18 Å². The van der Waals surface area contributed by atoms with E-state index in [1.54, 1.807) is 19.1 Å². The summed E-state index contributed by atoms with van der Waals surface area (Å²) in [5.41, 5.74) is 2.83. The summed E-state index contributed by atoms with van der Waals surface area (Å²) >= 11 is 0. The third-order valence-corrected chi connectivity index (χ3v) is 5.11. The van der Waals surface area contributed by atoms with Crippen LogP contribution in [-0.2, 0) is 16.1 Å². The van der Waals surface area contributed by atoms with Crippen LogP contribution >= 0.6 is 0 Å². The quantitative estimate of drug-likeness (QED) is 0.464. The van der Waals surface area contributed by atoms with E-state index in [2.05, 4.69) is 10.6 Å². The summed E-state index contributed by atoms with van der Waals surface area (Å²) in [6.07, 6.45) is 0.0581. The van der Waals surface area contributed by atoms with Gasteiger partial charge in [0.1, 0.15) is 12.4 Å². The number of hydrogen-bond donors (Lipinski definition) is 2. The zero-order valence-electron chi connectivity index (χ0n) is 18.0. The number of benzene rings is 3. The van der Waals surface area contributed by atoms with Crippen molar-refractivity contribution in [1.82, 2.24) is 10.6 Å². The fourth-order valence-corrected chi connectivity index (χ4v) is 3.22. The van der Waals surface area contributed by atoms with Crippen molar-refractivity contribution in [3.8, 4) is 11.1 Å². The minimum atomic E-state index is -0.498. The van der Waals surface area contributed by atoms with Crippen LogP contribution in [0.25, 0.3) is 11.1 Å². The van der Waals surface area contributed by atoms with Gasteiger partial charge in [0.15, 0.2) is 0 Å². The van der Waals surface area contributed by atoms with Crippen LogP contribution in [0.3, 0.4) is 0 Å². The van der Waals surface area contributed by atoms with Crippen LogP contribution in [0.1, 0.15) is 30.4 Å². The third kappa shape index (κ3) is 6.67. The van der Waals surface area contributed by atoms with Crippen molar-refractivity contribution < 1.29 is 18.7 Å². The largest absolute Gasteiger partial charge is 0.445 e. The number of halogens is 1. The molecule has 3 aromatic carbocycles. The van der Waals surface area contributed by atoms with E-state index in [0.717, 1.165) is 11.1 Å². The first-order valence-corrected chi connectivity index (χ1v) is 10.6. The lowest BCUT2D eigenvalue weighted by molar-refractivity contribution is -0.122. The van der Waals surface area contributed by atoms with Crippen molar-refractivity contribution in [3.05, 3.63) is 95.8 Å². The summed E-state index contributed by atoms with van der Waals surface area (Å²) in [5, 5.41) is 5.48. The number of carbonyl (C=O) groups excluding carboxylic acids is 2. The molecule has 0 aliphatic rings. The third-order valence-electron chi connectivity index (χ3n) is 5.11. The van der Waals surface area contributed by atoms with Gasteiger partial charge in [-0.2, -0.15) is 0 Å². The van der Waals surface area contributed by atoms with Gasteiger partial charge in [0.25, 0.3) is 0 Å². The van der Waals surface area contributed by atoms with E-state index >= 15 is 0 Å². The first-order chi connectivity index (χ1) is 15.5. The van der Waals surface area contributed by atoms with E-state index in [0.29, 0.717) is 30.6 Å². The second kappa shape index (κ2) is 11.6. The van der Waals surface area contributed by atoms with Crippen molar-refractivity contribution in [2.24, 2.45) is 0 Å². The second-order valence-corrected chi connectivity index (χ2v) is 7.46. The Morgan fingerprint density at radius 2 is 1.56 bits per heavy atom. The first kappa shape index (κ1) is 23.0. The highest BCUT2D eigenvalue weighted by Crippen LogP contribution is 2.26. The summed E-state index contributed by atoms with van der Waals surface area (Å²) in [5.74, 6) is -1.03. The molecule has 0 aliphatic heterocycles. The minimum Gasteiger partial charge on any atom is -0.445 e. The number of carbonyl (C=O) groups is 2. The lowest BCUT2D eigenvalue weighted by Gasteiger charge is -2.14. The molecule has 5 nitrogen and oxygen atoms in total. The molecule has 166 valence electrons. The number of ether oxygens (including phenoxy) is 1. The summed E-state index contributed by atoms with van der Waals surface area (Å²) in [6.45, 7) is 2.72. The molecule has 3 aromatic rings. The Morgan fingerprint density at radius 1 is 0.906 bits per heavy atom. The molecule has 0 fully saturated rings. The Hall–Kier alpha value is -3.67. The molecule has 0 spiro atoms. The van der Waals surface area contributed by atoms with Crippen molar-refractivity contribution in [2.75, 3.05) is 13.1 Å². The molecule has 0 saturated heterocycles. The van der Waals surface area contributed by atoms with Crippen LogP contribution < -0.4 is 10.6 Å². The second-order valence-electron chi connectivity index (χ2n) is 7.46. The van der Waals surface area contributed by atoms with Crippen LogP contribution in [0.2, 0.25) is 0 Å². The highest BCUT2D eigenvalue weighted by molar-refractivity contribution is 5.83. The first-order valence-electron chi connectivity index (χ1n) is 10.6. The number of rotatable bonds is 9. The Morgan fingerprint density at radius 3 is 2.25 bits per heavy atom. The summed E-state index contributed by atoms with van der Waals surface area (Å²) in [4.78, 5) is 24.1. The zero-order valence-corrected chi connectivity index (χ0v) is 18.0. The summed E-state index contributed by atoms with van der Waals surface area (Å²) < 4.78 is 19.7. The maximum absolute atomic E-state index is 14.6. The topological polar surface area (TPSA) is 67.4 Å². The molecule has 32 heavy (non-hydrogen) atoms. The van der Waals surface area contributed by atoms with Gasteiger partial charge in [0, 0.05) is 18.7 Å². The molecule has 6 heteroatoms. The lowest BCUT2D eigenvalue weighted by Crippen LogP contribution is -2.32. The van der Waals surface area contributed by atoms with Gasteiger partial charge in [0.05, 0.1) is 5.92 Å². The van der Waals surface area contributed by atoms with Gasteiger partial charge in [-0.3, -0.25) is 4.79 Å². The average Bonchev–Trinajstić information content (AvgIpc) is 2.83. The molecule has 0 heterocycles. The van der Waals surface area contributed by atoms with Crippen LogP contribution in [-0.4, -0.2) is 25.1 Å². The lowest BCUT2D eigenvalue weighted by atomic mass is 9.96. The molecule has 0 aliphatic carbocycles. The molecule has 1 atom stereocenters.